The van der Waals surface area contributed by atoms with Crippen LogP contribution in [-0.2, 0) is 0 Å². The second kappa shape index (κ2) is 9.40. The molecule has 0 radical (unpaired) electrons. The predicted octanol–water partition coefficient (Wildman–Crippen LogP) is 4.37. The van der Waals surface area contributed by atoms with Gasteiger partial charge in [0.25, 0.3) is 11.6 Å². The van der Waals surface area contributed by atoms with Crippen LogP contribution < -0.4 is 5.32 Å². The molecular formula is C21H21N3O4S. The van der Waals surface area contributed by atoms with E-state index < -0.39 is 4.92 Å². The van der Waals surface area contributed by atoms with Gasteiger partial charge in [-0.2, -0.15) is 0 Å². The van der Waals surface area contributed by atoms with Gasteiger partial charge in [0.1, 0.15) is 5.76 Å². The first-order valence-electron chi connectivity index (χ1n) is 8.95. The third-order valence-corrected chi connectivity index (χ3v) is 5.41. The molecule has 0 aliphatic rings. The van der Waals surface area contributed by atoms with Crippen LogP contribution in [0.4, 0.5) is 5.69 Å². The molecule has 3 rings (SSSR count). The molecule has 1 heterocycles. The average molecular weight is 411 g/mol. The zero-order chi connectivity index (χ0) is 20.8. The Labute approximate surface area is 172 Å². The molecule has 7 nitrogen and oxygen atoms in total. The van der Waals surface area contributed by atoms with E-state index in [1.165, 1.54) is 17.8 Å². The van der Waals surface area contributed by atoms with Gasteiger partial charge in [0, 0.05) is 23.1 Å². The third kappa shape index (κ3) is 5.24. The predicted molar refractivity (Wildman–Crippen MR) is 111 cm³/mol. The van der Waals surface area contributed by atoms with Gasteiger partial charge in [-0.25, -0.2) is 0 Å². The summed E-state index contributed by atoms with van der Waals surface area (Å²) in [5.74, 6) is 0.360. The maximum atomic E-state index is 12.6. The van der Waals surface area contributed by atoms with Gasteiger partial charge < -0.3 is 9.73 Å². The topological polar surface area (TPSA) is 88.6 Å². The van der Waals surface area contributed by atoms with Crippen molar-refractivity contribution in [2.75, 3.05) is 20.6 Å². The Morgan fingerprint density at radius 2 is 1.93 bits per heavy atom. The lowest BCUT2D eigenvalue weighted by Gasteiger charge is -2.22. The zero-order valence-electron chi connectivity index (χ0n) is 16.1. The van der Waals surface area contributed by atoms with Crippen molar-refractivity contribution in [2.45, 2.75) is 15.8 Å². The molecule has 1 N–H and O–H groups in total. The second-order valence-electron chi connectivity index (χ2n) is 6.56. The minimum Gasteiger partial charge on any atom is -0.468 e. The van der Waals surface area contributed by atoms with Crippen LogP contribution in [0.25, 0.3) is 0 Å². The monoisotopic (exact) mass is 411 g/mol. The highest BCUT2D eigenvalue weighted by Crippen LogP contribution is 2.35. The molecule has 8 heteroatoms. The summed E-state index contributed by atoms with van der Waals surface area (Å²) in [6.07, 6.45) is 1.58. The summed E-state index contributed by atoms with van der Waals surface area (Å²) in [5.41, 5.74) is 0.146. The van der Waals surface area contributed by atoms with E-state index in [0.717, 1.165) is 10.7 Å². The highest BCUT2D eigenvalue weighted by molar-refractivity contribution is 7.99. The van der Waals surface area contributed by atoms with E-state index >= 15 is 0 Å². The molecule has 1 aromatic heterocycles. The number of hydrogen-bond donors (Lipinski definition) is 1. The summed E-state index contributed by atoms with van der Waals surface area (Å²) in [4.78, 5) is 27.0. The zero-order valence-corrected chi connectivity index (χ0v) is 16.9. The van der Waals surface area contributed by atoms with E-state index in [1.807, 2.05) is 55.4 Å². The number of nitro groups is 1. The molecule has 0 spiro atoms. The summed E-state index contributed by atoms with van der Waals surface area (Å²) in [6, 6.07) is 17.4. The van der Waals surface area contributed by atoms with Gasteiger partial charge in [-0.15, -0.1) is 0 Å². The molecule has 29 heavy (non-hydrogen) atoms. The first-order valence-corrected chi connectivity index (χ1v) is 9.76. The van der Waals surface area contributed by atoms with E-state index in [1.54, 1.807) is 24.5 Å². The molecular weight excluding hydrogens is 390 g/mol. The smallest absolute Gasteiger partial charge is 0.284 e. The summed E-state index contributed by atoms with van der Waals surface area (Å²) in [6.45, 7) is 0.313. The lowest BCUT2D eigenvalue weighted by molar-refractivity contribution is -0.387. The van der Waals surface area contributed by atoms with Crippen molar-refractivity contribution in [3.63, 3.8) is 0 Å². The quantitative estimate of drug-likeness (QED) is 0.437. The maximum absolute atomic E-state index is 12.6. The Hall–Kier alpha value is -3.10. The Balaban J connectivity index is 1.75. The summed E-state index contributed by atoms with van der Waals surface area (Å²) in [7, 11) is 3.78. The van der Waals surface area contributed by atoms with E-state index in [-0.39, 0.29) is 23.2 Å². The van der Waals surface area contributed by atoms with Crippen molar-refractivity contribution in [2.24, 2.45) is 0 Å². The van der Waals surface area contributed by atoms with Crippen molar-refractivity contribution in [3.05, 3.63) is 88.4 Å². The van der Waals surface area contributed by atoms with Gasteiger partial charge in [-0.1, -0.05) is 30.0 Å². The summed E-state index contributed by atoms with van der Waals surface area (Å²) >= 11 is 1.29. The first kappa shape index (κ1) is 20.6. The van der Waals surface area contributed by atoms with Gasteiger partial charge in [-0.3, -0.25) is 19.8 Å². The molecule has 1 amide bonds. The van der Waals surface area contributed by atoms with Crippen molar-refractivity contribution in [3.8, 4) is 0 Å². The number of carbonyl (C=O) groups excluding carboxylic acids is 1. The van der Waals surface area contributed by atoms with E-state index in [4.69, 9.17) is 4.42 Å². The number of furan rings is 1. The molecule has 150 valence electrons. The fourth-order valence-corrected chi connectivity index (χ4v) is 3.73. The van der Waals surface area contributed by atoms with Crippen LogP contribution in [-0.4, -0.2) is 36.4 Å². The Morgan fingerprint density at radius 1 is 1.17 bits per heavy atom. The SMILES string of the molecule is CN(C)[C@H](CNC(=O)c1ccc(Sc2ccccc2)c([N+](=O)[O-])c1)c1ccco1. The second-order valence-corrected chi connectivity index (χ2v) is 7.67. The highest BCUT2D eigenvalue weighted by Gasteiger charge is 2.21. The van der Waals surface area contributed by atoms with Crippen molar-refractivity contribution in [1.29, 1.82) is 0 Å². The summed E-state index contributed by atoms with van der Waals surface area (Å²) < 4.78 is 5.43. The molecule has 0 aliphatic carbocycles. The number of amides is 1. The lowest BCUT2D eigenvalue weighted by Crippen LogP contribution is -2.34. The van der Waals surface area contributed by atoms with Crippen molar-refractivity contribution >= 4 is 23.4 Å². The molecule has 0 saturated heterocycles. The molecule has 3 aromatic rings. The number of benzene rings is 2. The number of rotatable bonds is 8. The Kier molecular flexibility index (Phi) is 6.69. The largest absolute Gasteiger partial charge is 0.468 e. The molecule has 0 saturated carbocycles. The minimum absolute atomic E-state index is 0.0957. The van der Waals surface area contributed by atoms with Crippen molar-refractivity contribution < 1.29 is 14.1 Å². The Bertz CT molecular complexity index is 975. The molecule has 1 atom stereocenters. The van der Waals surface area contributed by atoms with Crippen LogP contribution in [0.15, 0.2) is 81.1 Å². The van der Waals surface area contributed by atoms with E-state index in [2.05, 4.69) is 5.32 Å². The highest BCUT2D eigenvalue weighted by atomic mass is 32.2. The van der Waals surface area contributed by atoms with Gasteiger partial charge in [-0.05, 0) is 50.5 Å². The summed E-state index contributed by atoms with van der Waals surface area (Å²) in [5, 5.41) is 14.4. The third-order valence-electron chi connectivity index (χ3n) is 4.34. The minimum atomic E-state index is -0.465. The van der Waals surface area contributed by atoms with Gasteiger partial charge >= 0.3 is 0 Å². The number of nitrogens with zero attached hydrogens (tertiary/aromatic N) is 2. The van der Waals surface area contributed by atoms with Gasteiger partial charge in [0.2, 0.25) is 0 Å². The fourth-order valence-electron chi connectivity index (χ4n) is 2.81. The number of likely N-dealkylation sites (N-methyl/N-ethyl adjacent to an activating group) is 1. The lowest BCUT2D eigenvalue weighted by atomic mass is 10.1. The molecule has 2 aromatic carbocycles. The molecule has 0 fully saturated rings. The molecule has 0 aliphatic heterocycles. The van der Waals surface area contributed by atoms with Crippen LogP contribution in [0.2, 0.25) is 0 Å². The Morgan fingerprint density at radius 3 is 2.55 bits per heavy atom. The number of carbonyl (C=O) groups is 1. The van der Waals surface area contributed by atoms with Gasteiger partial charge in [0.15, 0.2) is 0 Å². The van der Waals surface area contributed by atoms with Crippen LogP contribution in [0, 0.1) is 10.1 Å². The average Bonchev–Trinajstić information content (AvgIpc) is 3.23. The fraction of sp³-hybridized carbons (Fsp3) is 0.190. The molecule has 0 bridgehead atoms. The van der Waals surface area contributed by atoms with Crippen LogP contribution in [0.5, 0.6) is 0 Å². The number of hydrogen-bond acceptors (Lipinski definition) is 6. The normalized spacial score (nSPS) is 12.0. The van der Waals surface area contributed by atoms with Gasteiger partial charge in [0.05, 0.1) is 22.1 Å². The van der Waals surface area contributed by atoms with E-state index in [0.29, 0.717) is 11.4 Å². The standard InChI is InChI=1S/C21H21N3O4S/c1-23(2)18(19-9-6-12-28-19)14-22-21(25)15-10-11-20(17(13-15)24(26)27)29-16-7-4-3-5-8-16/h3-13,18H,14H2,1-2H3,(H,22,25)/t18-/m1/s1. The van der Waals surface area contributed by atoms with Crippen LogP contribution in [0.3, 0.4) is 0 Å². The van der Waals surface area contributed by atoms with E-state index in [9.17, 15) is 14.9 Å². The number of nitrogens with one attached hydrogen (secondary N) is 1. The first-order chi connectivity index (χ1) is 14.0. The van der Waals surface area contributed by atoms with Crippen molar-refractivity contribution in [1.82, 2.24) is 10.2 Å². The number of nitro benzene ring substituents is 1. The molecule has 0 unspecified atom stereocenters. The maximum Gasteiger partial charge on any atom is 0.284 e. The van der Waals surface area contributed by atoms with Crippen LogP contribution >= 0.6 is 11.8 Å². The van der Waals surface area contributed by atoms with Crippen LogP contribution in [0.1, 0.15) is 22.2 Å².